The van der Waals surface area contributed by atoms with Crippen molar-refractivity contribution in [2.75, 3.05) is 6.61 Å². The van der Waals surface area contributed by atoms with Crippen LogP contribution in [0.3, 0.4) is 0 Å². The smallest absolute Gasteiger partial charge is 0.119 e. The first-order valence-corrected chi connectivity index (χ1v) is 5.87. The van der Waals surface area contributed by atoms with Gasteiger partial charge in [-0.25, -0.2) is 0 Å². The summed E-state index contributed by atoms with van der Waals surface area (Å²) in [6, 6.07) is 8.24. The van der Waals surface area contributed by atoms with Gasteiger partial charge in [0.15, 0.2) is 0 Å². The van der Waals surface area contributed by atoms with E-state index >= 15 is 0 Å². The third-order valence-electron chi connectivity index (χ3n) is 2.74. The zero-order valence-corrected chi connectivity index (χ0v) is 10.2. The normalized spacial score (nSPS) is 12.4. The summed E-state index contributed by atoms with van der Waals surface area (Å²) in [7, 11) is 0. The lowest BCUT2D eigenvalue weighted by Gasteiger charge is -2.11. The number of ether oxygens (including phenoxy) is 1. The van der Waals surface area contributed by atoms with Crippen LogP contribution in [0, 0.1) is 0 Å². The van der Waals surface area contributed by atoms with E-state index in [4.69, 9.17) is 4.74 Å². The standard InChI is InChI=1S/C13H17N3O/c1-3-17-13-6-4-11(5-7-13)10(2)8-12-9-14-16-15-12/h4-7,9-10H,3,8H2,1-2H3,(H,14,15,16). The minimum atomic E-state index is 0.427. The third-order valence-corrected chi connectivity index (χ3v) is 2.74. The molecule has 1 atom stereocenters. The van der Waals surface area contributed by atoms with Crippen LogP contribution in [0.4, 0.5) is 0 Å². The van der Waals surface area contributed by atoms with Crippen molar-refractivity contribution in [3.63, 3.8) is 0 Å². The summed E-state index contributed by atoms with van der Waals surface area (Å²) in [5, 5.41) is 10.5. The van der Waals surface area contributed by atoms with Crippen LogP contribution in [0.2, 0.25) is 0 Å². The second-order valence-corrected chi connectivity index (χ2v) is 4.07. The van der Waals surface area contributed by atoms with Gasteiger partial charge in [-0.15, -0.1) is 0 Å². The van der Waals surface area contributed by atoms with E-state index in [1.165, 1.54) is 5.56 Å². The molecule has 0 saturated heterocycles. The maximum Gasteiger partial charge on any atom is 0.119 e. The minimum absolute atomic E-state index is 0.427. The largest absolute Gasteiger partial charge is 0.494 e. The molecular formula is C13H17N3O. The van der Waals surface area contributed by atoms with E-state index < -0.39 is 0 Å². The molecule has 0 amide bonds. The lowest BCUT2D eigenvalue weighted by atomic mass is 9.96. The Labute approximate surface area is 101 Å². The molecule has 2 aromatic rings. The summed E-state index contributed by atoms with van der Waals surface area (Å²) in [5.41, 5.74) is 2.28. The third kappa shape index (κ3) is 3.06. The van der Waals surface area contributed by atoms with Crippen LogP contribution < -0.4 is 4.74 Å². The number of nitrogens with one attached hydrogen (secondary N) is 1. The van der Waals surface area contributed by atoms with Crippen LogP contribution >= 0.6 is 0 Å². The van der Waals surface area contributed by atoms with Crippen molar-refractivity contribution in [1.82, 2.24) is 15.4 Å². The van der Waals surface area contributed by atoms with Gasteiger partial charge in [0.2, 0.25) is 0 Å². The molecule has 0 saturated carbocycles. The van der Waals surface area contributed by atoms with Gasteiger partial charge in [0.1, 0.15) is 5.75 Å². The van der Waals surface area contributed by atoms with Gasteiger partial charge >= 0.3 is 0 Å². The molecule has 0 spiro atoms. The number of benzene rings is 1. The number of aromatic amines is 1. The fraction of sp³-hybridized carbons (Fsp3) is 0.385. The van der Waals surface area contributed by atoms with Gasteiger partial charge in [0.25, 0.3) is 0 Å². The Balaban J connectivity index is 2.01. The molecule has 0 aliphatic heterocycles. The van der Waals surface area contributed by atoms with Crippen molar-refractivity contribution in [2.45, 2.75) is 26.2 Å². The maximum absolute atomic E-state index is 5.42. The van der Waals surface area contributed by atoms with Crippen LogP contribution in [0.25, 0.3) is 0 Å². The average molecular weight is 231 g/mol. The summed E-state index contributed by atoms with van der Waals surface area (Å²) >= 11 is 0. The summed E-state index contributed by atoms with van der Waals surface area (Å²) < 4.78 is 5.42. The van der Waals surface area contributed by atoms with Gasteiger partial charge in [-0.05, 0) is 37.0 Å². The average Bonchev–Trinajstić information content (AvgIpc) is 2.83. The zero-order chi connectivity index (χ0) is 12.1. The number of aromatic nitrogens is 3. The summed E-state index contributed by atoms with van der Waals surface area (Å²) in [5.74, 6) is 1.35. The molecule has 1 aromatic carbocycles. The Morgan fingerprint density at radius 1 is 1.29 bits per heavy atom. The van der Waals surface area contributed by atoms with E-state index in [1.54, 1.807) is 6.20 Å². The van der Waals surface area contributed by atoms with Gasteiger partial charge in [-0.1, -0.05) is 19.1 Å². The van der Waals surface area contributed by atoms with Crippen molar-refractivity contribution < 1.29 is 4.74 Å². The molecule has 1 aromatic heterocycles. The minimum Gasteiger partial charge on any atom is -0.494 e. The highest BCUT2D eigenvalue weighted by atomic mass is 16.5. The Hall–Kier alpha value is -1.84. The molecule has 90 valence electrons. The van der Waals surface area contributed by atoms with Gasteiger partial charge in [0.05, 0.1) is 18.5 Å². The first kappa shape index (κ1) is 11.6. The number of hydrogen-bond donors (Lipinski definition) is 1. The summed E-state index contributed by atoms with van der Waals surface area (Å²) in [4.78, 5) is 0. The molecule has 0 aliphatic rings. The highest BCUT2D eigenvalue weighted by Crippen LogP contribution is 2.21. The molecule has 0 bridgehead atoms. The number of nitrogens with zero attached hydrogens (tertiary/aromatic N) is 2. The van der Waals surface area contributed by atoms with Gasteiger partial charge in [0, 0.05) is 0 Å². The van der Waals surface area contributed by atoms with Crippen LogP contribution in [-0.2, 0) is 6.42 Å². The van der Waals surface area contributed by atoms with E-state index in [1.807, 2.05) is 19.1 Å². The second kappa shape index (κ2) is 5.48. The van der Waals surface area contributed by atoms with E-state index in [0.717, 1.165) is 17.9 Å². The molecule has 2 rings (SSSR count). The lowest BCUT2D eigenvalue weighted by molar-refractivity contribution is 0.340. The van der Waals surface area contributed by atoms with Crippen molar-refractivity contribution in [1.29, 1.82) is 0 Å². The maximum atomic E-state index is 5.42. The van der Waals surface area contributed by atoms with E-state index in [0.29, 0.717) is 12.5 Å². The van der Waals surface area contributed by atoms with E-state index in [-0.39, 0.29) is 0 Å². The van der Waals surface area contributed by atoms with Crippen molar-refractivity contribution in [2.24, 2.45) is 0 Å². The molecule has 4 heteroatoms. The fourth-order valence-corrected chi connectivity index (χ4v) is 1.81. The Bertz CT molecular complexity index is 436. The van der Waals surface area contributed by atoms with E-state index in [9.17, 15) is 0 Å². The number of H-pyrrole nitrogens is 1. The van der Waals surface area contributed by atoms with Gasteiger partial charge in [-0.3, -0.25) is 0 Å². The Morgan fingerprint density at radius 3 is 2.65 bits per heavy atom. The zero-order valence-electron chi connectivity index (χ0n) is 10.2. The SMILES string of the molecule is CCOc1ccc(C(C)Cc2cn[nH]n2)cc1. The van der Waals surface area contributed by atoms with Crippen LogP contribution in [0.15, 0.2) is 30.5 Å². The molecule has 1 heterocycles. The van der Waals surface area contributed by atoms with E-state index in [2.05, 4.69) is 34.5 Å². The topological polar surface area (TPSA) is 50.8 Å². The van der Waals surface area contributed by atoms with Crippen LogP contribution in [0.5, 0.6) is 5.75 Å². The summed E-state index contributed by atoms with van der Waals surface area (Å²) in [6.07, 6.45) is 2.66. The Morgan fingerprint density at radius 2 is 2.06 bits per heavy atom. The van der Waals surface area contributed by atoms with Crippen molar-refractivity contribution in [3.8, 4) is 5.75 Å². The molecule has 0 aliphatic carbocycles. The lowest BCUT2D eigenvalue weighted by Crippen LogP contribution is -1.99. The molecule has 0 fully saturated rings. The summed E-state index contributed by atoms with van der Waals surface area (Å²) in [6.45, 7) is 4.87. The molecule has 1 unspecified atom stereocenters. The monoisotopic (exact) mass is 231 g/mol. The fourth-order valence-electron chi connectivity index (χ4n) is 1.81. The molecule has 17 heavy (non-hydrogen) atoms. The predicted molar refractivity (Wildman–Crippen MR) is 66.1 cm³/mol. The molecule has 1 N–H and O–H groups in total. The highest BCUT2D eigenvalue weighted by Gasteiger charge is 2.08. The first-order valence-electron chi connectivity index (χ1n) is 5.87. The van der Waals surface area contributed by atoms with Crippen molar-refractivity contribution in [3.05, 3.63) is 41.7 Å². The first-order chi connectivity index (χ1) is 8.29. The molecule has 4 nitrogen and oxygen atoms in total. The van der Waals surface area contributed by atoms with Crippen LogP contribution in [0.1, 0.15) is 31.0 Å². The van der Waals surface area contributed by atoms with Gasteiger partial charge in [-0.2, -0.15) is 15.4 Å². The Kier molecular flexibility index (Phi) is 3.75. The van der Waals surface area contributed by atoms with Gasteiger partial charge < -0.3 is 4.74 Å². The molecular weight excluding hydrogens is 214 g/mol. The predicted octanol–water partition coefficient (Wildman–Crippen LogP) is 2.55. The quantitative estimate of drug-likeness (QED) is 0.860. The second-order valence-electron chi connectivity index (χ2n) is 4.07. The molecule has 0 radical (unpaired) electrons. The number of rotatable bonds is 5. The van der Waals surface area contributed by atoms with Crippen LogP contribution in [-0.4, -0.2) is 22.0 Å². The highest BCUT2D eigenvalue weighted by molar-refractivity contribution is 5.29. The number of hydrogen-bond acceptors (Lipinski definition) is 3. The van der Waals surface area contributed by atoms with Crippen molar-refractivity contribution >= 4 is 0 Å².